The Bertz CT molecular complexity index is 196. The van der Waals surface area contributed by atoms with Crippen molar-refractivity contribution in [2.45, 2.75) is 91.0 Å². The summed E-state index contributed by atoms with van der Waals surface area (Å²) >= 11 is 0. The largest absolute Gasteiger partial charge is 0.303 e. The fraction of sp³-hybridized carbons (Fsp3) is 1.00. The lowest BCUT2D eigenvalue weighted by Gasteiger charge is -2.30. The van der Waals surface area contributed by atoms with Crippen molar-refractivity contribution in [3.63, 3.8) is 0 Å². The molecule has 1 heteroatoms. The zero-order valence-electron chi connectivity index (χ0n) is 13.3. The Morgan fingerprint density at radius 3 is 2.00 bits per heavy atom. The average Bonchev–Trinajstić information content (AvgIpc) is 2.22. The molecule has 1 fully saturated rings. The summed E-state index contributed by atoms with van der Waals surface area (Å²) in [5.74, 6) is 0. The highest BCUT2D eigenvalue weighted by Crippen LogP contribution is 2.23. The molecule has 0 amide bonds. The minimum Gasteiger partial charge on any atom is -0.303 e. The molecule has 0 unspecified atom stereocenters. The fourth-order valence-electron chi connectivity index (χ4n) is 3.07. The predicted molar refractivity (Wildman–Crippen MR) is 82.0 cm³/mol. The zero-order chi connectivity index (χ0) is 13.4. The van der Waals surface area contributed by atoms with Crippen molar-refractivity contribution >= 4 is 0 Å². The van der Waals surface area contributed by atoms with E-state index in [9.17, 15) is 0 Å². The van der Waals surface area contributed by atoms with E-state index in [0.717, 1.165) is 6.04 Å². The molecule has 108 valence electrons. The van der Waals surface area contributed by atoms with E-state index in [4.69, 9.17) is 0 Å². The topological polar surface area (TPSA) is 3.24 Å². The van der Waals surface area contributed by atoms with E-state index < -0.39 is 0 Å². The van der Waals surface area contributed by atoms with Crippen LogP contribution in [0.1, 0.15) is 85.0 Å². The Morgan fingerprint density at radius 2 is 1.44 bits per heavy atom. The summed E-state index contributed by atoms with van der Waals surface area (Å²) in [6, 6.07) is 0.875. The molecule has 0 aromatic heterocycles. The van der Waals surface area contributed by atoms with Crippen molar-refractivity contribution in [1.29, 1.82) is 0 Å². The van der Waals surface area contributed by atoms with Gasteiger partial charge in [-0.25, -0.2) is 0 Å². The van der Waals surface area contributed by atoms with Crippen LogP contribution in [0.4, 0.5) is 0 Å². The van der Waals surface area contributed by atoms with Gasteiger partial charge in [0.1, 0.15) is 0 Å². The van der Waals surface area contributed by atoms with Gasteiger partial charge in [-0.1, -0.05) is 59.3 Å². The Labute approximate surface area is 115 Å². The Kier molecular flexibility index (Phi) is 7.29. The maximum Gasteiger partial charge on any atom is 0.00922 e. The van der Waals surface area contributed by atoms with Crippen molar-refractivity contribution in [3.8, 4) is 0 Å². The van der Waals surface area contributed by atoms with E-state index in [-0.39, 0.29) is 0 Å². The van der Waals surface area contributed by atoms with Gasteiger partial charge in [-0.3, -0.25) is 0 Å². The van der Waals surface area contributed by atoms with Gasteiger partial charge in [0.15, 0.2) is 0 Å². The van der Waals surface area contributed by atoms with Crippen molar-refractivity contribution in [3.05, 3.63) is 0 Å². The van der Waals surface area contributed by atoms with Gasteiger partial charge in [-0.05, 0) is 44.7 Å². The summed E-state index contributed by atoms with van der Waals surface area (Å²) in [6.07, 6.45) is 14.3. The highest BCUT2D eigenvalue weighted by atomic mass is 15.1. The molecule has 0 aromatic carbocycles. The minimum atomic E-state index is 0.513. The number of nitrogens with zero attached hydrogens (tertiary/aromatic N) is 1. The predicted octanol–water partition coefficient (Wildman–Crippen LogP) is 5.25. The second-order valence-corrected chi connectivity index (χ2v) is 7.50. The molecule has 0 bridgehead atoms. The molecule has 0 aromatic rings. The molecule has 18 heavy (non-hydrogen) atoms. The molecule has 1 rings (SSSR count). The lowest BCUT2D eigenvalue weighted by atomic mass is 9.90. The summed E-state index contributed by atoms with van der Waals surface area (Å²) in [5, 5.41) is 0. The lowest BCUT2D eigenvalue weighted by molar-refractivity contribution is 0.196. The van der Waals surface area contributed by atoms with Crippen molar-refractivity contribution in [2.75, 3.05) is 13.6 Å². The smallest absolute Gasteiger partial charge is 0.00922 e. The van der Waals surface area contributed by atoms with Crippen LogP contribution in [0.5, 0.6) is 0 Å². The van der Waals surface area contributed by atoms with E-state index in [1.165, 1.54) is 70.8 Å². The van der Waals surface area contributed by atoms with E-state index in [0.29, 0.717) is 5.41 Å². The van der Waals surface area contributed by atoms with Crippen LogP contribution in [0.2, 0.25) is 0 Å². The highest BCUT2D eigenvalue weighted by molar-refractivity contribution is 4.72. The van der Waals surface area contributed by atoms with Gasteiger partial charge < -0.3 is 4.90 Å². The summed E-state index contributed by atoms with van der Waals surface area (Å²) in [6.45, 7) is 8.36. The average molecular weight is 253 g/mol. The molecule has 0 N–H and O–H groups in total. The maximum atomic E-state index is 2.65. The van der Waals surface area contributed by atoms with E-state index in [1.807, 2.05) is 0 Å². The first-order chi connectivity index (χ1) is 8.49. The number of hydrogen-bond donors (Lipinski definition) is 0. The van der Waals surface area contributed by atoms with E-state index >= 15 is 0 Å². The first kappa shape index (κ1) is 16.0. The van der Waals surface area contributed by atoms with Crippen LogP contribution in [-0.2, 0) is 0 Å². The van der Waals surface area contributed by atoms with Crippen LogP contribution in [0, 0.1) is 5.41 Å². The quantitative estimate of drug-likeness (QED) is 0.605. The summed E-state index contributed by atoms with van der Waals surface area (Å²) in [4.78, 5) is 2.65. The molecule has 1 aliphatic rings. The molecule has 0 radical (unpaired) electrons. The van der Waals surface area contributed by atoms with Crippen LogP contribution in [0.3, 0.4) is 0 Å². The first-order valence-electron chi connectivity index (χ1n) is 8.19. The second-order valence-electron chi connectivity index (χ2n) is 7.50. The summed E-state index contributed by atoms with van der Waals surface area (Å²) < 4.78 is 0. The lowest BCUT2D eigenvalue weighted by Crippen LogP contribution is -2.33. The third kappa shape index (κ3) is 7.41. The zero-order valence-corrected chi connectivity index (χ0v) is 13.3. The van der Waals surface area contributed by atoms with E-state index in [1.54, 1.807) is 0 Å². The Balaban J connectivity index is 2.16. The van der Waals surface area contributed by atoms with Gasteiger partial charge in [0.25, 0.3) is 0 Å². The fourth-order valence-corrected chi connectivity index (χ4v) is 3.07. The molecule has 1 saturated carbocycles. The van der Waals surface area contributed by atoms with Gasteiger partial charge in [-0.15, -0.1) is 0 Å². The van der Waals surface area contributed by atoms with Crippen LogP contribution in [-0.4, -0.2) is 24.5 Å². The molecule has 0 atom stereocenters. The van der Waals surface area contributed by atoms with Gasteiger partial charge in [0, 0.05) is 6.04 Å². The van der Waals surface area contributed by atoms with Gasteiger partial charge in [-0.2, -0.15) is 0 Å². The maximum absolute atomic E-state index is 2.65. The number of unbranched alkanes of at least 4 members (excludes halogenated alkanes) is 1. The Hall–Kier alpha value is -0.0400. The second kappa shape index (κ2) is 8.19. The van der Waals surface area contributed by atoms with Crippen molar-refractivity contribution < 1.29 is 0 Å². The number of rotatable bonds is 5. The van der Waals surface area contributed by atoms with E-state index in [2.05, 4.69) is 32.7 Å². The van der Waals surface area contributed by atoms with Crippen LogP contribution >= 0.6 is 0 Å². The highest BCUT2D eigenvalue weighted by Gasteiger charge is 2.16. The van der Waals surface area contributed by atoms with Crippen molar-refractivity contribution in [2.24, 2.45) is 5.41 Å². The normalized spacial score (nSPS) is 19.8. The van der Waals surface area contributed by atoms with Gasteiger partial charge in [0.2, 0.25) is 0 Å². The summed E-state index contributed by atoms with van der Waals surface area (Å²) in [7, 11) is 2.35. The standard InChI is InChI=1S/C17H35N/c1-17(2,3)14-10-11-15-18(4)16-12-8-6-5-7-9-13-16/h16H,5-15H2,1-4H3. The molecule has 0 aliphatic heterocycles. The molecule has 0 spiro atoms. The minimum absolute atomic E-state index is 0.513. The first-order valence-corrected chi connectivity index (χ1v) is 8.19. The summed E-state index contributed by atoms with van der Waals surface area (Å²) in [5.41, 5.74) is 0.513. The third-order valence-corrected chi connectivity index (χ3v) is 4.39. The molecular weight excluding hydrogens is 218 g/mol. The molecular formula is C17H35N. The van der Waals surface area contributed by atoms with Crippen LogP contribution < -0.4 is 0 Å². The molecule has 1 nitrogen and oxygen atoms in total. The van der Waals surface area contributed by atoms with Gasteiger partial charge in [0.05, 0.1) is 0 Å². The monoisotopic (exact) mass is 253 g/mol. The molecule has 0 heterocycles. The third-order valence-electron chi connectivity index (χ3n) is 4.39. The molecule has 0 saturated heterocycles. The SMILES string of the molecule is CN(CCCCC(C)(C)C)C1CCCCCCC1. The van der Waals surface area contributed by atoms with Gasteiger partial charge >= 0.3 is 0 Å². The van der Waals surface area contributed by atoms with Crippen LogP contribution in [0.25, 0.3) is 0 Å². The Morgan fingerprint density at radius 1 is 0.889 bits per heavy atom. The number of hydrogen-bond acceptors (Lipinski definition) is 1. The molecule has 1 aliphatic carbocycles. The van der Waals surface area contributed by atoms with Crippen LogP contribution in [0.15, 0.2) is 0 Å². The van der Waals surface area contributed by atoms with Crippen molar-refractivity contribution in [1.82, 2.24) is 4.90 Å².